The Morgan fingerprint density at radius 2 is 1.80 bits per heavy atom. The molecule has 1 aromatic heterocycles. The van der Waals surface area contributed by atoms with Crippen LogP contribution in [0.2, 0.25) is 0 Å². The van der Waals surface area contributed by atoms with Crippen molar-refractivity contribution in [3.05, 3.63) is 78.1 Å². The van der Waals surface area contributed by atoms with Crippen LogP contribution in [0.1, 0.15) is 42.6 Å². The molecule has 0 aliphatic carbocycles. The van der Waals surface area contributed by atoms with Crippen molar-refractivity contribution < 1.29 is 14.3 Å². The van der Waals surface area contributed by atoms with Crippen molar-refractivity contribution in [3.8, 4) is 0 Å². The number of nitrogens with zero attached hydrogens (tertiary/aromatic N) is 2. The predicted molar refractivity (Wildman–Crippen MR) is 139 cm³/mol. The van der Waals surface area contributed by atoms with E-state index in [1.54, 1.807) is 29.4 Å². The van der Waals surface area contributed by atoms with Gasteiger partial charge in [-0.15, -0.1) is 0 Å². The number of benzene rings is 2. The standard InChI is InChI=1S/C26H29N5O3S/c1-26(2,3)34-25(33)31-15-21(17-7-5-4-6-8-17)22(16-31)28-24(35)30-29-23(32)19-9-10-20-14-27-12-11-18(20)13-19/h4-14,21-22H,15-16H2,1-3H3,(H,29,32)(H2,28,30,35). The number of thiocarbonyl (C=S) groups is 1. The van der Waals surface area contributed by atoms with Crippen molar-refractivity contribution >= 4 is 40.1 Å². The highest BCUT2D eigenvalue weighted by Crippen LogP contribution is 2.29. The highest BCUT2D eigenvalue weighted by molar-refractivity contribution is 7.80. The smallest absolute Gasteiger partial charge is 0.410 e. The molecule has 0 bridgehead atoms. The molecule has 2 aromatic carbocycles. The molecule has 3 N–H and O–H groups in total. The van der Waals surface area contributed by atoms with E-state index in [0.29, 0.717) is 18.7 Å². The van der Waals surface area contributed by atoms with E-state index in [0.717, 1.165) is 16.3 Å². The number of pyridine rings is 1. The van der Waals surface area contributed by atoms with Crippen LogP contribution in [-0.2, 0) is 4.74 Å². The van der Waals surface area contributed by atoms with E-state index >= 15 is 0 Å². The first-order valence-corrected chi connectivity index (χ1v) is 11.8. The topological polar surface area (TPSA) is 95.6 Å². The first kappa shape index (κ1) is 24.4. The number of aromatic nitrogens is 1. The minimum Gasteiger partial charge on any atom is -0.444 e. The number of carbonyl (C=O) groups is 2. The van der Waals surface area contributed by atoms with Crippen LogP contribution in [0.25, 0.3) is 10.8 Å². The van der Waals surface area contributed by atoms with Crippen molar-refractivity contribution in [3.63, 3.8) is 0 Å². The first-order valence-electron chi connectivity index (χ1n) is 11.4. The molecule has 1 saturated heterocycles. The van der Waals surface area contributed by atoms with Gasteiger partial charge in [0.15, 0.2) is 5.11 Å². The van der Waals surface area contributed by atoms with E-state index in [2.05, 4.69) is 21.2 Å². The molecule has 9 heteroatoms. The molecule has 2 heterocycles. The molecular formula is C26H29N5O3S. The van der Waals surface area contributed by atoms with E-state index in [1.807, 2.05) is 63.2 Å². The Bertz CT molecular complexity index is 1230. The molecule has 0 spiro atoms. The predicted octanol–water partition coefficient (Wildman–Crippen LogP) is 3.75. The Labute approximate surface area is 210 Å². The average Bonchev–Trinajstić information content (AvgIpc) is 3.25. The van der Waals surface area contributed by atoms with Gasteiger partial charge in [-0.2, -0.15) is 0 Å². The van der Waals surface area contributed by atoms with Gasteiger partial charge in [0, 0.05) is 42.4 Å². The third-order valence-electron chi connectivity index (χ3n) is 5.71. The van der Waals surface area contributed by atoms with Crippen molar-refractivity contribution in [2.45, 2.75) is 38.3 Å². The lowest BCUT2D eigenvalue weighted by Gasteiger charge is -2.24. The molecule has 1 aliphatic rings. The Kier molecular flexibility index (Phi) is 7.16. The summed E-state index contributed by atoms with van der Waals surface area (Å²) in [6, 6.07) is 17.0. The summed E-state index contributed by atoms with van der Waals surface area (Å²) in [6.45, 7) is 6.46. The first-order chi connectivity index (χ1) is 16.7. The summed E-state index contributed by atoms with van der Waals surface area (Å²) in [6.07, 6.45) is 3.08. The van der Waals surface area contributed by atoms with Crippen molar-refractivity contribution in [2.24, 2.45) is 0 Å². The Hall–Kier alpha value is -3.72. The zero-order valence-electron chi connectivity index (χ0n) is 19.9. The summed E-state index contributed by atoms with van der Waals surface area (Å²) in [5, 5.41) is 5.40. The monoisotopic (exact) mass is 491 g/mol. The second-order valence-electron chi connectivity index (χ2n) is 9.50. The number of amides is 2. The number of hydrazine groups is 1. The normalized spacial score (nSPS) is 17.6. The SMILES string of the molecule is CC(C)(C)OC(=O)N1CC(NC(=S)NNC(=O)c2ccc3cnccc3c2)C(c2ccccc2)C1. The lowest BCUT2D eigenvalue weighted by Crippen LogP contribution is -2.51. The van der Waals surface area contributed by atoms with Crippen LogP contribution in [0.5, 0.6) is 0 Å². The number of carbonyl (C=O) groups excluding carboxylic acids is 2. The number of rotatable bonds is 3. The summed E-state index contributed by atoms with van der Waals surface area (Å²) < 4.78 is 5.57. The van der Waals surface area contributed by atoms with Gasteiger partial charge < -0.3 is 15.0 Å². The minimum atomic E-state index is -0.578. The van der Waals surface area contributed by atoms with Crippen LogP contribution in [0, 0.1) is 0 Å². The van der Waals surface area contributed by atoms with Crippen LogP contribution >= 0.6 is 12.2 Å². The molecule has 0 radical (unpaired) electrons. The molecule has 35 heavy (non-hydrogen) atoms. The van der Waals surface area contributed by atoms with Gasteiger partial charge in [0.1, 0.15) is 5.60 Å². The quantitative estimate of drug-likeness (QED) is 0.379. The molecule has 1 fully saturated rings. The van der Waals surface area contributed by atoms with Gasteiger partial charge in [-0.25, -0.2) is 4.79 Å². The fourth-order valence-electron chi connectivity index (χ4n) is 4.08. The van der Waals surface area contributed by atoms with Crippen LogP contribution in [-0.4, -0.2) is 51.7 Å². The number of fused-ring (bicyclic) bond motifs is 1. The maximum absolute atomic E-state index is 12.7. The summed E-state index contributed by atoms with van der Waals surface area (Å²) >= 11 is 5.45. The molecule has 4 rings (SSSR count). The molecule has 3 aromatic rings. The van der Waals surface area contributed by atoms with Crippen LogP contribution in [0.4, 0.5) is 4.79 Å². The lowest BCUT2D eigenvalue weighted by atomic mass is 9.94. The Morgan fingerprint density at radius 1 is 1.03 bits per heavy atom. The van der Waals surface area contributed by atoms with Gasteiger partial charge in [0.25, 0.3) is 5.91 Å². The third-order valence-corrected chi connectivity index (χ3v) is 5.93. The highest BCUT2D eigenvalue weighted by Gasteiger charge is 2.38. The number of hydrogen-bond acceptors (Lipinski definition) is 5. The number of hydrogen-bond donors (Lipinski definition) is 3. The highest BCUT2D eigenvalue weighted by atomic mass is 32.1. The lowest BCUT2D eigenvalue weighted by molar-refractivity contribution is 0.0289. The molecule has 2 amide bonds. The van der Waals surface area contributed by atoms with Gasteiger partial charge in [-0.3, -0.25) is 20.6 Å². The molecule has 2 atom stereocenters. The summed E-state index contributed by atoms with van der Waals surface area (Å²) in [5.41, 5.74) is 6.44. The molecule has 0 saturated carbocycles. The summed E-state index contributed by atoms with van der Waals surface area (Å²) in [7, 11) is 0. The van der Waals surface area contributed by atoms with Crippen molar-refractivity contribution in [2.75, 3.05) is 13.1 Å². The van der Waals surface area contributed by atoms with Gasteiger partial charge in [0.2, 0.25) is 0 Å². The molecule has 2 unspecified atom stereocenters. The van der Waals surface area contributed by atoms with E-state index in [1.165, 1.54) is 0 Å². The van der Waals surface area contributed by atoms with E-state index in [9.17, 15) is 9.59 Å². The number of ether oxygens (including phenoxy) is 1. The van der Waals surface area contributed by atoms with Crippen LogP contribution in [0.15, 0.2) is 67.0 Å². The van der Waals surface area contributed by atoms with Crippen molar-refractivity contribution in [1.29, 1.82) is 0 Å². The second kappa shape index (κ2) is 10.3. The Morgan fingerprint density at radius 3 is 2.54 bits per heavy atom. The van der Waals surface area contributed by atoms with E-state index in [4.69, 9.17) is 17.0 Å². The van der Waals surface area contributed by atoms with Gasteiger partial charge in [0.05, 0.1) is 6.04 Å². The molecular weight excluding hydrogens is 462 g/mol. The maximum Gasteiger partial charge on any atom is 0.410 e. The van der Waals surface area contributed by atoms with Gasteiger partial charge >= 0.3 is 6.09 Å². The van der Waals surface area contributed by atoms with E-state index in [-0.39, 0.29) is 29.1 Å². The Balaban J connectivity index is 1.39. The second-order valence-corrected chi connectivity index (χ2v) is 9.91. The van der Waals surface area contributed by atoms with E-state index < -0.39 is 5.60 Å². The third kappa shape index (κ3) is 6.24. The largest absolute Gasteiger partial charge is 0.444 e. The molecule has 182 valence electrons. The number of likely N-dealkylation sites (tertiary alicyclic amines) is 1. The average molecular weight is 492 g/mol. The van der Waals surface area contributed by atoms with Crippen LogP contribution < -0.4 is 16.2 Å². The van der Waals surface area contributed by atoms with Crippen LogP contribution in [0.3, 0.4) is 0 Å². The summed E-state index contributed by atoms with van der Waals surface area (Å²) in [4.78, 5) is 31.1. The van der Waals surface area contributed by atoms with Gasteiger partial charge in [-0.05, 0) is 62.1 Å². The minimum absolute atomic E-state index is 0.00765. The summed E-state index contributed by atoms with van der Waals surface area (Å²) in [5.74, 6) is -0.303. The van der Waals surface area contributed by atoms with Crippen molar-refractivity contribution in [1.82, 2.24) is 26.1 Å². The zero-order valence-corrected chi connectivity index (χ0v) is 20.8. The molecule has 8 nitrogen and oxygen atoms in total. The fourth-order valence-corrected chi connectivity index (χ4v) is 4.28. The van der Waals surface area contributed by atoms with Gasteiger partial charge in [-0.1, -0.05) is 36.4 Å². The zero-order chi connectivity index (χ0) is 25.0. The fraction of sp³-hybridized carbons (Fsp3) is 0.308. The maximum atomic E-state index is 12.7. The number of nitrogens with one attached hydrogen (secondary N) is 3. The molecule has 1 aliphatic heterocycles.